The zero-order valence-corrected chi connectivity index (χ0v) is 14.3. The number of nitrogens with zero attached hydrogens (tertiary/aromatic N) is 4. The standard InChI is InChI=1S/C18H13IN4/c19-23-17(13-20-18(23)15-5-2-1-3-6-15)14-7-9-16(10-8-14)22-12-4-11-21-22/h1-13H. The molecule has 0 spiro atoms. The van der Waals surface area contributed by atoms with E-state index in [4.69, 9.17) is 0 Å². The summed E-state index contributed by atoms with van der Waals surface area (Å²) >= 11 is 2.30. The Balaban J connectivity index is 1.70. The minimum Gasteiger partial charge on any atom is -0.264 e. The monoisotopic (exact) mass is 412 g/mol. The third-order valence-corrected chi connectivity index (χ3v) is 4.65. The predicted molar refractivity (Wildman–Crippen MR) is 99.6 cm³/mol. The predicted octanol–water partition coefficient (Wildman–Crippen LogP) is 4.60. The molecule has 4 rings (SSSR count). The van der Waals surface area contributed by atoms with Crippen LogP contribution in [0.25, 0.3) is 28.3 Å². The first-order valence-corrected chi connectivity index (χ1v) is 8.19. The van der Waals surface area contributed by atoms with E-state index in [1.165, 1.54) is 0 Å². The first-order chi connectivity index (χ1) is 11.3. The fourth-order valence-corrected chi connectivity index (χ4v) is 3.31. The molecule has 0 N–H and O–H groups in total. The number of hydrogen-bond acceptors (Lipinski definition) is 2. The largest absolute Gasteiger partial charge is 0.264 e. The van der Waals surface area contributed by atoms with Gasteiger partial charge >= 0.3 is 0 Å². The number of benzene rings is 2. The van der Waals surface area contributed by atoms with Gasteiger partial charge in [0.25, 0.3) is 0 Å². The van der Waals surface area contributed by atoms with Crippen molar-refractivity contribution < 1.29 is 0 Å². The fraction of sp³-hybridized carbons (Fsp3) is 0. The molecule has 112 valence electrons. The first kappa shape index (κ1) is 14.2. The van der Waals surface area contributed by atoms with Crippen LogP contribution in [-0.4, -0.2) is 17.5 Å². The lowest BCUT2D eigenvalue weighted by Crippen LogP contribution is -1.94. The van der Waals surface area contributed by atoms with E-state index >= 15 is 0 Å². The maximum absolute atomic E-state index is 4.57. The van der Waals surface area contributed by atoms with Gasteiger partial charge in [-0.25, -0.2) is 9.67 Å². The van der Waals surface area contributed by atoms with Gasteiger partial charge in [0.05, 0.1) is 40.4 Å². The van der Waals surface area contributed by atoms with Gasteiger partial charge in [0.15, 0.2) is 0 Å². The van der Waals surface area contributed by atoms with Crippen molar-refractivity contribution in [3.05, 3.63) is 79.3 Å². The van der Waals surface area contributed by atoms with Crippen LogP contribution in [0.2, 0.25) is 0 Å². The Morgan fingerprint density at radius 2 is 1.61 bits per heavy atom. The molecule has 0 unspecified atom stereocenters. The third kappa shape index (κ3) is 2.68. The summed E-state index contributed by atoms with van der Waals surface area (Å²) in [6.07, 6.45) is 5.63. The summed E-state index contributed by atoms with van der Waals surface area (Å²) in [5, 5.41) is 4.25. The second kappa shape index (κ2) is 6.00. The molecule has 0 amide bonds. The van der Waals surface area contributed by atoms with Crippen molar-refractivity contribution in [2.75, 3.05) is 0 Å². The van der Waals surface area contributed by atoms with Crippen LogP contribution < -0.4 is 0 Å². The van der Waals surface area contributed by atoms with Crippen molar-refractivity contribution in [1.29, 1.82) is 0 Å². The Morgan fingerprint density at radius 3 is 2.30 bits per heavy atom. The van der Waals surface area contributed by atoms with E-state index in [2.05, 4.69) is 72.1 Å². The SMILES string of the molecule is In1c(-c2ccc(-n3cccn3)cc2)cnc1-c1ccccc1. The summed E-state index contributed by atoms with van der Waals surface area (Å²) < 4.78 is 3.94. The van der Waals surface area contributed by atoms with Gasteiger partial charge in [0.1, 0.15) is 5.82 Å². The molecule has 0 saturated heterocycles. The third-order valence-electron chi connectivity index (χ3n) is 3.67. The van der Waals surface area contributed by atoms with Gasteiger partial charge in [-0.2, -0.15) is 5.10 Å². The minimum absolute atomic E-state index is 0.956. The van der Waals surface area contributed by atoms with Gasteiger partial charge < -0.3 is 0 Å². The highest BCUT2D eigenvalue weighted by molar-refractivity contribution is 14.1. The summed E-state index contributed by atoms with van der Waals surface area (Å²) in [7, 11) is 0. The maximum atomic E-state index is 4.57. The Hall–Kier alpha value is -2.41. The zero-order chi connectivity index (χ0) is 15.6. The smallest absolute Gasteiger partial charge is 0.149 e. The van der Waals surface area contributed by atoms with Crippen molar-refractivity contribution >= 4 is 22.9 Å². The molecular formula is C18H13IN4. The number of rotatable bonds is 3. The Bertz CT molecular complexity index is 910. The van der Waals surface area contributed by atoms with E-state index in [0.29, 0.717) is 0 Å². The molecule has 2 aromatic carbocycles. The van der Waals surface area contributed by atoms with Gasteiger partial charge in [-0.15, -0.1) is 0 Å². The number of hydrogen-bond donors (Lipinski definition) is 0. The van der Waals surface area contributed by atoms with E-state index in [1.54, 1.807) is 6.20 Å². The topological polar surface area (TPSA) is 35.6 Å². The molecule has 4 aromatic rings. The van der Waals surface area contributed by atoms with Crippen molar-refractivity contribution in [2.24, 2.45) is 0 Å². The second-order valence-corrected chi connectivity index (χ2v) is 6.08. The highest BCUT2D eigenvalue weighted by atomic mass is 127. The average molecular weight is 412 g/mol. The van der Waals surface area contributed by atoms with Crippen molar-refractivity contribution in [1.82, 2.24) is 17.5 Å². The first-order valence-electron chi connectivity index (χ1n) is 7.23. The Kier molecular flexibility index (Phi) is 3.70. The van der Waals surface area contributed by atoms with Crippen LogP contribution in [0.1, 0.15) is 0 Å². The normalized spacial score (nSPS) is 10.8. The lowest BCUT2D eigenvalue weighted by atomic mass is 10.1. The van der Waals surface area contributed by atoms with E-state index in [-0.39, 0.29) is 0 Å². The summed E-state index contributed by atoms with van der Waals surface area (Å²) in [6, 6.07) is 20.4. The number of aromatic nitrogens is 4. The highest BCUT2D eigenvalue weighted by Gasteiger charge is 2.11. The molecule has 4 nitrogen and oxygen atoms in total. The molecule has 2 heterocycles. The minimum atomic E-state index is 0.956. The summed E-state index contributed by atoms with van der Waals surface area (Å²) in [5.74, 6) is 0.956. The molecular weight excluding hydrogens is 399 g/mol. The molecule has 23 heavy (non-hydrogen) atoms. The Morgan fingerprint density at radius 1 is 0.826 bits per heavy atom. The van der Waals surface area contributed by atoms with E-state index in [9.17, 15) is 0 Å². The molecule has 0 atom stereocenters. The van der Waals surface area contributed by atoms with Gasteiger partial charge in [0, 0.05) is 23.5 Å². The zero-order valence-electron chi connectivity index (χ0n) is 12.2. The van der Waals surface area contributed by atoms with Crippen LogP contribution in [0.3, 0.4) is 0 Å². The fourth-order valence-electron chi connectivity index (χ4n) is 2.51. The van der Waals surface area contributed by atoms with Gasteiger partial charge in [0.2, 0.25) is 0 Å². The van der Waals surface area contributed by atoms with Gasteiger partial charge in [-0.3, -0.25) is 2.78 Å². The molecule has 0 aliphatic rings. The maximum Gasteiger partial charge on any atom is 0.149 e. The van der Waals surface area contributed by atoms with Crippen LogP contribution in [0.5, 0.6) is 0 Å². The molecule has 2 aromatic heterocycles. The number of halogens is 1. The summed E-state index contributed by atoms with van der Waals surface area (Å²) in [4.78, 5) is 4.57. The van der Waals surface area contributed by atoms with Gasteiger partial charge in [-0.1, -0.05) is 42.5 Å². The molecule has 0 aliphatic carbocycles. The van der Waals surface area contributed by atoms with Crippen LogP contribution in [-0.2, 0) is 0 Å². The second-order valence-electron chi connectivity index (χ2n) is 5.11. The van der Waals surface area contributed by atoms with Crippen LogP contribution in [0.15, 0.2) is 79.3 Å². The molecule has 0 bridgehead atoms. The van der Waals surface area contributed by atoms with E-state index in [1.807, 2.05) is 41.3 Å². The summed E-state index contributed by atoms with van der Waals surface area (Å²) in [5.41, 5.74) is 4.37. The van der Waals surface area contributed by atoms with Crippen LogP contribution >= 0.6 is 22.9 Å². The van der Waals surface area contributed by atoms with Crippen molar-refractivity contribution in [3.8, 4) is 28.3 Å². The highest BCUT2D eigenvalue weighted by Crippen LogP contribution is 2.29. The quantitative estimate of drug-likeness (QED) is 0.461. The van der Waals surface area contributed by atoms with Gasteiger partial charge in [-0.05, 0) is 18.2 Å². The molecule has 0 radical (unpaired) electrons. The Labute approximate surface area is 147 Å². The molecule has 5 heteroatoms. The van der Waals surface area contributed by atoms with Crippen molar-refractivity contribution in [3.63, 3.8) is 0 Å². The van der Waals surface area contributed by atoms with Crippen LogP contribution in [0, 0.1) is 0 Å². The van der Waals surface area contributed by atoms with E-state index < -0.39 is 0 Å². The molecule has 0 saturated carbocycles. The molecule has 0 fully saturated rings. The molecule has 0 aliphatic heterocycles. The van der Waals surface area contributed by atoms with Crippen LogP contribution in [0.4, 0.5) is 0 Å². The number of imidazole rings is 1. The van der Waals surface area contributed by atoms with E-state index in [0.717, 1.165) is 28.3 Å². The lowest BCUT2D eigenvalue weighted by Gasteiger charge is -2.06. The lowest BCUT2D eigenvalue weighted by molar-refractivity contribution is 0.881. The van der Waals surface area contributed by atoms with Crippen molar-refractivity contribution in [2.45, 2.75) is 0 Å². The summed E-state index contributed by atoms with van der Waals surface area (Å²) in [6.45, 7) is 0. The average Bonchev–Trinajstić information content (AvgIpc) is 3.26.